The zero-order valence-electron chi connectivity index (χ0n) is 16.1. The maximum absolute atomic E-state index is 11.3. The number of aromatic nitrogens is 1. The van der Waals surface area contributed by atoms with Crippen LogP contribution in [0.1, 0.15) is 37.4 Å². The van der Waals surface area contributed by atoms with E-state index in [1.165, 1.54) is 6.42 Å². The highest BCUT2D eigenvalue weighted by molar-refractivity contribution is 5.84. The van der Waals surface area contributed by atoms with Crippen LogP contribution in [-0.2, 0) is 0 Å². The van der Waals surface area contributed by atoms with Crippen LogP contribution in [0.2, 0.25) is 0 Å². The predicted molar refractivity (Wildman–Crippen MR) is 109 cm³/mol. The summed E-state index contributed by atoms with van der Waals surface area (Å²) in [6.45, 7) is 6.54. The second kappa shape index (κ2) is 8.30. The molecule has 5 heteroatoms. The van der Waals surface area contributed by atoms with Crippen LogP contribution in [0.25, 0.3) is 10.9 Å². The summed E-state index contributed by atoms with van der Waals surface area (Å²) in [6.07, 6.45) is 6.70. The van der Waals surface area contributed by atoms with E-state index in [0.29, 0.717) is 31.3 Å². The third-order valence-electron chi connectivity index (χ3n) is 6.29. The first-order valence-corrected chi connectivity index (χ1v) is 10.1. The molecule has 4 heterocycles. The minimum absolute atomic E-state index is 0.140. The zero-order valence-corrected chi connectivity index (χ0v) is 16.1. The van der Waals surface area contributed by atoms with Gasteiger partial charge in [0.2, 0.25) is 0 Å². The lowest BCUT2D eigenvalue weighted by Crippen LogP contribution is -2.54. The number of nitrogens with zero attached hydrogens (tertiary/aromatic N) is 3. The summed E-state index contributed by atoms with van der Waals surface area (Å²) < 4.78 is 5.79. The fourth-order valence-corrected chi connectivity index (χ4v) is 4.75. The van der Waals surface area contributed by atoms with Gasteiger partial charge in [-0.2, -0.15) is 5.26 Å². The summed E-state index contributed by atoms with van der Waals surface area (Å²) in [5.74, 6) is 1.91. The molecule has 3 saturated heterocycles. The van der Waals surface area contributed by atoms with Crippen molar-refractivity contribution in [3.05, 3.63) is 48.7 Å². The van der Waals surface area contributed by atoms with Gasteiger partial charge in [0.15, 0.2) is 0 Å². The van der Waals surface area contributed by atoms with Gasteiger partial charge in [-0.25, -0.2) is 0 Å². The Morgan fingerprint density at radius 1 is 1.43 bits per heavy atom. The van der Waals surface area contributed by atoms with Crippen molar-refractivity contribution in [2.75, 3.05) is 19.7 Å². The van der Waals surface area contributed by atoms with Gasteiger partial charge in [0.05, 0.1) is 24.3 Å². The van der Waals surface area contributed by atoms with Gasteiger partial charge < -0.3 is 9.84 Å². The zero-order chi connectivity index (χ0) is 19.5. The standard InChI is InChI=1S/C23H27N3O2/c1-2-16-15-26-11-8-17(16)13-22(26)23(27)19-7-10-25-21-6-5-18(14-20(19)21)28-12-4-3-9-24/h2,5-7,10,14,16-17,22-23,27H,1,3-4,8,11-13,15H2/t16?,17?,22?,23-/m0/s1. The molecule has 3 aliphatic heterocycles. The van der Waals surface area contributed by atoms with Gasteiger partial charge >= 0.3 is 0 Å². The summed E-state index contributed by atoms with van der Waals surface area (Å²) in [4.78, 5) is 6.88. The first-order chi connectivity index (χ1) is 13.7. The lowest BCUT2D eigenvalue weighted by molar-refractivity contribution is -0.0444. The third kappa shape index (κ3) is 3.63. The number of fused-ring (bicyclic) bond motifs is 4. The van der Waals surface area contributed by atoms with E-state index in [1.807, 2.05) is 24.3 Å². The Morgan fingerprint density at radius 3 is 3.07 bits per heavy atom. The van der Waals surface area contributed by atoms with Gasteiger partial charge in [0.25, 0.3) is 0 Å². The molecule has 28 heavy (non-hydrogen) atoms. The SMILES string of the molecule is C=CC1CN2CCC1CC2[C@@H](O)c1ccnc2ccc(OCCCC#N)cc12. The van der Waals surface area contributed by atoms with Gasteiger partial charge in [-0.05, 0) is 67.5 Å². The van der Waals surface area contributed by atoms with Gasteiger partial charge in [0, 0.05) is 30.6 Å². The molecule has 2 bridgehead atoms. The Morgan fingerprint density at radius 2 is 2.32 bits per heavy atom. The fraction of sp³-hybridized carbons (Fsp3) is 0.478. The van der Waals surface area contributed by atoms with Crippen LogP contribution in [-0.4, -0.2) is 40.7 Å². The van der Waals surface area contributed by atoms with Crippen molar-refractivity contribution in [1.29, 1.82) is 5.26 Å². The molecular weight excluding hydrogens is 350 g/mol. The van der Waals surface area contributed by atoms with E-state index in [1.54, 1.807) is 6.20 Å². The average Bonchev–Trinajstić information content (AvgIpc) is 2.76. The molecule has 0 saturated carbocycles. The van der Waals surface area contributed by atoms with E-state index in [-0.39, 0.29) is 6.04 Å². The molecule has 5 nitrogen and oxygen atoms in total. The molecule has 1 N–H and O–H groups in total. The van der Waals surface area contributed by atoms with Gasteiger partial charge in [-0.15, -0.1) is 6.58 Å². The van der Waals surface area contributed by atoms with E-state index in [4.69, 9.17) is 10.00 Å². The number of pyridine rings is 1. The molecule has 1 aromatic carbocycles. The van der Waals surface area contributed by atoms with E-state index >= 15 is 0 Å². The Hall–Kier alpha value is -2.42. The Labute approximate surface area is 166 Å². The molecule has 1 aromatic heterocycles. The van der Waals surface area contributed by atoms with Crippen LogP contribution in [0.4, 0.5) is 0 Å². The molecule has 0 radical (unpaired) electrons. The van der Waals surface area contributed by atoms with Crippen LogP contribution in [0.5, 0.6) is 5.75 Å². The Kier molecular flexibility index (Phi) is 5.61. The lowest BCUT2D eigenvalue weighted by Gasteiger charge is -2.50. The molecule has 5 rings (SSSR count). The average molecular weight is 377 g/mol. The predicted octanol–water partition coefficient (Wildman–Crippen LogP) is 3.85. The summed E-state index contributed by atoms with van der Waals surface area (Å²) in [6, 6.07) is 10.0. The van der Waals surface area contributed by atoms with Crippen molar-refractivity contribution < 1.29 is 9.84 Å². The fourth-order valence-electron chi connectivity index (χ4n) is 4.75. The smallest absolute Gasteiger partial charge is 0.120 e. The van der Waals surface area contributed by atoms with Gasteiger partial charge in [-0.3, -0.25) is 9.88 Å². The number of nitriles is 1. The van der Waals surface area contributed by atoms with Crippen LogP contribution in [0.15, 0.2) is 43.1 Å². The van der Waals surface area contributed by atoms with Crippen molar-refractivity contribution in [2.45, 2.75) is 37.8 Å². The minimum atomic E-state index is -0.548. The molecule has 2 aromatic rings. The van der Waals surface area contributed by atoms with Crippen LogP contribution < -0.4 is 4.74 Å². The normalized spacial score (nSPS) is 27.3. The number of piperidine rings is 3. The Bertz CT molecular complexity index is 891. The van der Waals surface area contributed by atoms with Crippen molar-refractivity contribution in [2.24, 2.45) is 11.8 Å². The maximum atomic E-state index is 11.3. The summed E-state index contributed by atoms with van der Waals surface area (Å²) >= 11 is 0. The number of hydrogen-bond acceptors (Lipinski definition) is 5. The van der Waals surface area contributed by atoms with E-state index in [2.05, 4.69) is 28.6 Å². The lowest BCUT2D eigenvalue weighted by atomic mass is 9.73. The van der Waals surface area contributed by atoms with Crippen molar-refractivity contribution in [3.63, 3.8) is 0 Å². The number of benzene rings is 1. The topological polar surface area (TPSA) is 69.4 Å². The van der Waals surface area contributed by atoms with Crippen molar-refractivity contribution in [1.82, 2.24) is 9.88 Å². The maximum Gasteiger partial charge on any atom is 0.120 e. The summed E-state index contributed by atoms with van der Waals surface area (Å²) in [5.41, 5.74) is 1.78. The number of aliphatic hydroxyl groups excluding tert-OH is 1. The highest BCUT2D eigenvalue weighted by Crippen LogP contribution is 2.42. The van der Waals surface area contributed by atoms with E-state index < -0.39 is 6.10 Å². The molecule has 5 atom stereocenters. The molecule has 4 unspecified atom stereocenters. The molecule has 0 spiro atoms. The van der Waals surface area contributed by atoms with Crippen molar-refractivity contribution in [3.8, 4) is 11.8 Å². The molecule has 3 aliphatic rings. The largest absolute Gasteiger partial charge is 0.494 e. The van der Waals surface area contributed by atoms with Crippen LogP contribution in [0.3, 0.4) is 0 Å². The highest BCUT2D eigenvalue weighted by Gasteiger charge is 2.42. The molecule has 146 valence electrons. The number of unbranched alkanes of at least 4 members (excludes halogenated alkanes) is 1. The highest BCUT2D eigenvalue weighted by atomic mass is 16.5. The molecule has 0 amide bonds. The minimum Gasteiger partial charge on any atom is -0.494 e. The van der Waals surface area contributed by atoms with Crippen LogP contribution in [0, 0.1) is 23.2 Å². The number of aliphatic hydroxyl groups is 1. The van der Waals surface area contributed by atoms with E-state index in [0.717, 1.165) is 41.7 Å². The first-order valence-electron chi connectivity index (χ1n) is 10.1. The van der Waals surface area contributed by atoms with Gasteiger partial charge in [0.1, 0.15) is 5.75 Å². The molecule has 0 aliphatic carbocycles. The van der Waals surface area contributed by atoms with Gasteiger partial charge in [-0.1, -0.05) is 6.08 Å². The Balaban J connectivity index is 1.57. The quantitative estimate of drug-likeness (QED) is 0.586. The molecule has 3 fully saturated rings. The monoisotopic (exact) mass is 377 g/mol. The molecular formula is C23H27N3O2. The number of rotatable bonds is 7. The van der Waals surface area contributed by atoms with E-state index in [9.17, 15) is 5.11 Å². The summed E-state index contributed by atoms with van der Waals surface area (Å²) in [7, 11) is 0. The second-order valence-electron chi connectivity index (χ2n) is 7.88. The van der Waals surface area contributed by atoms with Crippen LogP contribution >= 0.6 is 0 Å². The second-order valence-corrected chi connectivity index (χ2v) is 7.88. The van der Waals surface area contributed by atoms with Crippen molar-refractivity contribution >= 4 is 10.9 Å². The summed E-state index contributed by atoms with van der Waals surface area (Å²) in [5, 5.41) is 20.9. The number of hydrogen-bond donors (Lipinski definition) is 1. The first kappa shape index (κ1) is 18.9. The third-order valence-corrected chi connectivity index (χ3v) is 6.29. The number of ether oxygens (including phenoxy) is 1.